The second-order valence-corrected chi connectivity index (χ2v) is 19.8. The molecule has 0 spiro atoms. The van der Waals surface area contributed by atoms with E-state index in [-0.39, 0.29) is 41.3 Å². The second-order valence-electron chi connectivity index (χ2n) is 14.6. The van der Waals surface area contributed by atoms with Gasteiger partial charge >= 0.3 is 0 Å². The van der Waals surface area contributed by atoms with Crippen molar-refractivity contribution in [1.82, 2.24) is 15.0 Å². The molecule has 0 bridgehead atoms. The zero-order valence-electron chi connectivity index (χ0n) is 26.6. The van der Waals surface area contributed by atoms with Crippen LogP contribution in [0.1, 0.15) is 70.2 Å². The summed E-state index contributed by atoms with van der Waals surface area (Å²) in [6, 6.07) is 5.40. The molecule has 0 saturated carbocycles. The van der Waals surface area contributed by atoms with Crippen LogP contribution < -0.4 is 10.1 Å². The summed E-state index contributed by atoms with van der Waals surface area (Å²) in [5.74, 6) is 0.201. The van der Waals surface area contributed by atoms with Crippen LogP contribution in [0.25, 0.3) is 11.2 Å². The van der Waals surface area contributed by atoms with Crippen LogP contribution in [0.4, 0.5) is 10.2 Å². The molecule has 6 rings (SSSR count). The van der Waals surface area contributed by atoms with Crippen molar-refractivity contribution in [2.24, 2.45) is 0 Å². The number of imidazole rings is 1. The lowest BCUT2D eigenvalue weighted by molar-refractivity contribution is 0.0116. The van der Waals surface area contributed by atoms with Crippen molar-refractivity contribution in [1.29, 1.82) is 0 Å². The Kier molecular flexibility index (Phi) is 8.29. The number of hydrogen-bond donors (Lipinski definition) is 3. The van der Waals surface area contributed by atoms with Crippen molar-refractivity contribution in [3.8, 4) is 6.01 Å². The predicted octanol–water partition coefficient (Wildman–Crippen LogP) is 6.49. The number of nitrogens with one attached hydrogen (secondary N) is 2. The Morgan fingerprint density at radius 2 is 1.80 bits per heavy atom. The van der Waals surface area contributed by atoms with E-state index in [1.165, 1.54) is 0 Å². The number of nitrogens with zero attached hydrogens (tertiary/aromatic N) is 2. The lowest BCUT2D eigenvalue weighted by Crippen LogP contribution is -2.47. The number of halogens is 2. The van der Waals surface area contributed by atoms with E-state index in [9.17, 15) is 5.11 Å². The third-order valence-corrected chi connectivity index (χ3v) is 14.3. The van der Waals surface area contributed by atoms with Crippen molar-refractivity contribution in [2.45, 2.75) is 114 Å². The molecule has 1 aliphatic carbocycles. The van der Waals surface area contributed by atoms with E-state index in [1.54, 1.807) is 26.0 Å². The maximum Gasteiger partial charge on any atom is 0.296 e. The molecule has 3 N–H and O–H groups in total. The molecule has 2 aromatic heterocycles. The topological polar surface area (TPSA) is 111 Å². The van der Waals surface area contributed by atoms with Crippen LogP contribution in [0.3, 0.4) is 0 Å². The Balaban J connectivity index is 1.13. The third kappa shape index (κ3) is 6.36. The number of aromatic amines is 1. The molecule has 0 amide bonds. The highest BCUT2D eigenvalue weighted by atomic mass is 35.5. The minimum absolute atomic E-state index is 0.0903. The third-order valence-electron chi connectivity index (χ3n) is 9.54. The Bertz CT molecular complexity index is 1540. The van der Waals surface area contributed by atoms with Crippen LogP contribution in [-0.2, 0) is 26.7 Å². The highest BCUT2D eigenvalue weighted by Gasteiger charge is 2.52. The fraction of sp³-hybridized carbons (Fsp3) is 0.625. The number of aromatic nitrogens is 3. The SMILES string of the molecule is CC(C)(O)CCc1cc(F)c2c(c1)CC[C@@H]2Nc1nc2[nH]c(O[C@@H]3CO[C@@H]4C(O[Si](C)(C)C(C)(C)C)CO[C@@H]43)nc2cc1Cl. The van der Waals surface area contributed by atoms with E-state index in [0.29, 0.717) is 59.6 Å². The monoisotopic (exact) mass is 646 g/mol. The Morgan fingerprint density at radius 3 is 2.50 bits per heavy atom. The molecule has 3 aromatic rings. The highest BCUT2D eigenvalue weighted by Crippen LogP contribution is 2.41. The zero-order valence-corrected chi connectivity index (χ0v) is 28.3. The first-order chi connectivity index (χ1) is 20.6. The number of H-pyrrole nitrogens is 1. The fourth-order valence-corrected chi connectivity index (χ4v) is 7.58. The van der Waals surface area contributed by atoms with Crippen LogP contribution in [-0.4, -0.2) is 71.6 Å². The maximum absolute atomic E-state index is 15.3. The summed E-state index contributed by atoms with van der Waals surface area (Å²) < 4.78 is 40.4. The van der Waals surface area contributed by atoms with Gasteiger partial charge in [-0.25, -0.2) is 9.37 Å². The number of fused-ring (bicyclic) bond motifs is 3. The number of benzene rings is 1. The number of aryl methyl sites for hydroxylation is 2. The van der Waals surface area contributed by atoms with Crippen molar-refractivity contribution in [2.75, 3.05) is 18.5 Å². The summed E-state index contributed by atoms with van der Waals surface area (Å²) in [5.41, 5.74) is 2.80. The van der Waals surface area contributed by atoms with Gasteiger partial charge in [-0.2, -0.15) is 4.98 Å². The lowest BCUT2D eigenvalue weighted by atomic mass is 9.96. The van der Waals surface area contributed by atoms with Crippen LogP contribution in [0.2, 0.25) is 23.2 Å². The number of anilines is 1. The molecule has 12 heteroatoms. The largest absolute Gasteiger partial charge is 0.456 e. The molecular weight excluding hydrogens is 603 g/mol. The van der Waals surface area contributed by atoms with E-state index >= 15 is 4.39 Å². The molecule has 1 aromatic carbocycles. The standard InChI is InChI=1S/C32H44ClFN4O5Si/c1-31(2,3)44(6,7)43-24-16-41-26-23(15-40-27(24)26)42-30-36-22-14-19(33)28(37-29(22)38-30)35-21-9-8-18-12-17(10-11-32(4,5)39)13-20(34)25(18)21/h12-14,21,23-24,26-27,39H,8-11,15-16H2,1-7H3,(H2,35,36,37,38)/t21-,23+,24?,26+,27+/m0/s1. The van der Waals surface area contributed by atoms with Gasteiger partial charge in [0.15, 0.2) is 20.1 Å². The summed E-state index contributed by atoms with van der Waals surface area (Å²) in [6.07, 6.45) is 1.75. The van der Waals surface area contributed by atoms with Gasteiger partial charge in [-0.3, -0.25) is 4.98 Å². The van der Waals surface area contributed by atoms with E-state index in [4.69, 9.17) is 30.2 Å². The van der Waals surface area contributed by atoms with Crippen LogP contribution in [0.5, 0.6) is 6.01 Å². The van der Waals surface area contributed by atoms with Crippen molar-refractivity contribution < 1.29 is 28.1 Å². The molecule has 240 valence electrons. The second kappa shape index (κ2) is 11.5. The summed E-state index contributed by atoms with van der Waals surface area (Å²) in [4.78, 5) is 12.4. The Hall–Kier alpha value is -2.28. The van der Waals surface area contributed by atoms with Gasteiger partial charge in [-0.05, 0) is 80.9 Å². The molecule has 4 heterocycles. The first kappa shape index (κ1) is 31.7. The minimum Gasteiger partial charge on any atom is -0.456 e. The number of hydrogen-bond acceptors (Lipinski definition) is 8. The summed E-state index contributed by atoms with van der Waals surface area (Å²) in [5, 5.41) is 13.9. The van der Waals surface area contributed by atoms with E-state index in [2.05, 4.69) is 60.2 Å². The number of rotatable bonds is 9. The molecule has 2 saturated heterocycles. The van der Waals surface area contributed by atoms with Gasteiger partial charge in [0.1, 0.15) is 29.4 Å². The van der Waals surface area contributed by atoms with Crippen LogP contribution >= 0.6 is 11.6 Å². The molecule has 1 unspecified atom stereocenters. The van der Waals surface area contributed by atoms with Crippen molar-refractivity contribution in [3.05, 3.63) is 45.7 Å². The minimum atomic E-state index is -1.98. The summed E-state index contributed by atoms with van der Waals surface area (Å²) in [6.45, 7) is 15.5. The normalized spacial score (nSPS) is 25.5. The van der Waals surface area contributed by atoms with E-state index < -0.39 is 13.9 Å². The molecule has 0 radical (unpaired) electrons. The van der Waals surface area contributed by atoms with E-state index in [1.807, 2.05) is 0 Å². The van der Waals surface area contributed by atoms with Gasteiger partial charge in [0.05, 0.1) is 36.0 Å². The number of pyridine rings is 1. The van der Waals surface area contributed by atoms with Gasteiger partial charge in [0.25, 0.3) is 6.01 Å². The van der Waals surface area contributed by atoms with Crippen LogP contribution in [0, 0.1) is 5.82 Å². The average Bonchev–Trinajstić information content (AvgIpc) is 3.68. The first-order valence-electron chi connectivity index (χ1n) is 15.5. The quantitative estimate of drug-likeness (QED) is 0.226. The average molecular weight is 647 g/mol. The molecule has 5 atom stereocenters. The molecule has 2 aliphatic heterocycles. The zero-order chi connectivity index (χ0) is 31.6. The van der Waals surface area contributed by atoms with Crippen LogP contribution in [0.15, 0.2) is 18.2 Å². The summed E-state index contributed by atoms with van der Waals surface area (Å²) >= 11 is 6.62. The van der Waals surface area contributed by atoms with Gasteiger partial charge in [0.2, 0.25) is 0 Å². The first-order valence-corrected chi connectivity index (χ1v) is 18.8. The molecule has 2 fully saturated rings. The lowest BCUT2D eigenvalue weighted by Gasteiger charge is -2.39. The molecular formula is C32H44ClFN4O5Si. The smallest absolute Gasteiger partial charge is 0.296 e. The van der Waals surface area contributed by atoms with Crippen molar-refractivity contribution >= 4 is 36.9 Å². The Labute approximate surface area is 264 Å². The highest BCUT2D eigenvalue weighted by molar-refractivity contribution is 6.74. The van der Waals surface area contributed by atoms with Crippen molar-refractivity contribution in [3.63, 3.8) is 0 Å². The predicted molar refractivity (Wildman–Crippen MR) is 171 cm³/mol. The molecule has 9 nitrogen and oxygen atoms in total. The number of aliphatic hydroxyl groups is 1. The van der Waals surface area contributed by atoms with Gasteiger partial charge < -0.3 is 29.1 Å². The van der Waals surface area contributed by atoms with E-state index in [0.717, 1.165) is 24.0 Å². The maximum atomic E-state index is 15.3. The number of ether oxygens (including phenoxy) is 3. The van der Waals surface area contributed by atoms with Gasteiger partial charge in [-0.15, -0.1) is 0 Å². The summed E-state index contributed by atoms with van der Waals surface area (Å²) in [7, 11) is -1.98. The molecule has 3 aliphatic rings. The van der Waals surface area contributed by atoms with Gasteiger partial charge in [-0.1, -0.05) is 38.4 Å². The van der Waals surface area contributed by atoms with Gasteiger partial charge in [0, 0.05) is 5.56 Å². The molecule has 44 heavy (non-hydrogen) atoms. The Morgan fingerprint density at radius 1 is 1.09 bits per heavy atom. The fourth-order valence-electron chi connectivity index (χ4n) is 6.06.